The van der Waals surface area contributed by atoms with Crippen LogP contribution in [0.15, 0.2) is 35.7 Å². The van der Waals surface area contributed by atoms with Crippen molar-refractivity contribution >= 4 is 27.3 Å². The molecule has 0 bridgehead atoms. The normalized spacial score (nSPS) is 15.7. The molecule has 0 aliphatic carbocycles. The largest absolute Gasteiger partial charge is 0.489 e. The van der Waals surface area contributed by atoms with Crippen LogP contribution >= 0.6 is 11.3 Å². The maximum absolute atomic E-state index is 12.7. The Balaban J connectivity index is 1.54. The first-order valence-electron chi connectivity index (χ1n) is 9.87. The van der Waals surface area contributed by atoms with Gasteiger partial charge in [0.05, 0.1) is 10.6 Å². The second-order valence-electron chi connectivity index (χ2n) is 7.42. The Kier molecular flexibility index (Phi) is 6.97. The van der Waals surface area contributed by atoms with Crippen molar-refractivity contribution < 1.29 is 17.9 Å². The number of benzene rings is 1. The summed E-state index contributed by atoms with van der Waals surface area (Å²) in [7, 11) is -3.19. The van der Waals surface area contributed by atoms with E-state index in [4.69, 9.17) is 4.74 Å². The minimum Gasteiger partial charge on any atom is -0.489 e. The second kappa shape index (κ2) is 9.28. The van der Waals surface area contributed by atoms with Crippen molar-refractivity contribution in [3.05, 3.63) is 51.7 Å². The molecule has 0 saturated carbocycles. The average molecular weight is 437 g/mol. The zero-order valence-corrected chi connectivity index (χ0v) is 18.8. The van der Waals surface area contributed by atoms with Gasteiger partial charge in [0.15, 0.2) is 0 Å². The first-order chi connectivity index (χ1) is 13.8. The summed E-state index contributed by atoms with van der Waals surface area (Å²) >= 11 is 1.40. The maximum atomic E-state index is 12.7. The highest BCUT2D eigenvalue weighted by molar-refractivity contribution is 7.89. The maximum Gasteiger partial charge on any atom is 0.264 e. The van der Waals surface area contributed by atoms with Crippen molar-refractivity contribution in [3.63, 3.8) is 0 Å². The Labute approximate surface area is 177 Å². The second-order valence-corrected chi connectivity index (χ2v) is 10.6. The molecule has 2 heterocycles. The minimum absolute atomic E-state index is 0.0453. The standard InChI is InChI=1S/C21H28N2O4S2/c1-4-29(25,26)23-11-9-22(10-12-23)21(24)20-13-17(15-28-20)14-27-19-7-5-18(6-8-19)16(2)3/h5-8,13,15-16H,4,9-12,14H2,1-3H3. The van der Waals surface area contributed by atoms with Gasteiger partial charge in [-0.25, -0.2) is 8.42 Å². The van der Waals surface area contributed by atoms with E-state index in [1.165, 1.54) is 21.2 Å². The van der Waals surface area contributed by atoms with E-state index in [0.717, 1.165) is 11.3 Å². The molecule has 29 heavy (non-hydrogen) atoms. The van der Waals surface area contributed by atoms with Crippen molar-refractivity contribution in [3.8, 4) is 5.75 Å². The Morgan fingerprint density at radius 3 is 2.38 bits per heavy atom. The van der Waals surface area contributed by atoms with Gasteiger partial charge in [0.2, 0.25) is 10.0 Å². The van der Waals surface area contributed by atoms with Gasteiger partial charge in [0.1, 0.15) is 12.4 Å². The Morgan fingerprint density at radius 2 is 1.79 bits per heavy atom. The molecule has 0 spiro atoms. The lowest BCUT2D eigenvalue weighted by molar-refractivity contribution is 0.0703. The molecule has 1 fully saturated rings. The molecule has 6 nitrogen and oxygen atoms in total. The molecule has 0 atom stereocenters. The van der Waals surface area contributed by atoms with Crippen LogP contribution in [0.4, 0.5) is 0 Å². The first-order valence-corrected chi connectivity index (χ1v) is 12.4. The molecule has 0 radical (unpaired) electrons. The number of rotatable bonds is 7. The van der Waals surface area contributed by atoms with Gasteiger partial charge in [-0.15, -0.1) is 11.3 Å². The van der Waals surface area contributed by atoms with Crippen LogP contribution in [-0.2, 0) is 16.6 Å². The SMILES string of the molecule is CCS(=O)(=O)N1CCN(C(=O)c2cc(COc3ccc(C(C)C)cc3)cs2)CC1. The summed E-state index contributed by atoms with van der Waals surface area (Å²) in [4.78, 5) is 15.1. The fraction of sp³-hybridized carbons (Fsp3) is 0.476. The highest BCUT2D eigenvalue weighted by Crippen LogP contribution is 2.22. The molecule has 0 N–H and O–H groups in total. The molecule has 1 saturated heterocycles. The van der Waals surface area contributed by atoms with Crippen LogP contribution in [0.25, 0.3) is 0 Å². The molecule has 1 aromatic carbocycles. The summed E-state index contributed by atoms with van der Waals surface area (Å²) in [5, 5.41) is 1.94. The molecule has 158 valence electrons. The highest BCUT2D eigenvalue weighted by atomic mass is 32.2. The summed E-state index contributed by atoms with van der Waals surface area (Å²) in [5.41, 5.74) is 2.23. The minimum atomic E-state index is -3.19. The summed E-state index contributed by atoms with van der Waals surface area (Å²) in [6.07, 6.45) is 0. The van der Waals surface area contributed by atoms with Crippen molar-refractivity contribution in [1.29, 1.82) is 0 Å². The van der Waals surface area contributed by atoms with Crippen molar-refractivity contribution in [2.45, 2.75) is 33.3 Å². The summed E-state index contributed by atoms with van der Waals surface area (Å²) in [6, 6.07) is 9.95. The van der Waals surface area contributed by atoms with Crippen molar-refractivity contribution in [2.75, 3.05) is 31.9 Å². The lowest BCUT2D eigenvalue weighted by Crippen LogP contribution is -2.50. The number of thiophene rings is 1. The van der Waals surface area contributed by atoms with E-state index in [-0.39, 0.29) is 11.7 Å². The van der Waals surface area contributed by atoms with Crippen molar-refractivity contribution in [2.24, 2.45) is 0 Å². The Hall–Kier alpha value is -1.90. The van der Waals surface area contributed by atoms with E-state index >= 15 is 0 Å². The number of ether oxygens (including phenoxy) is 1. The number of hydrogen-bond acceptors (Lipinski definition) is 5. The molecular weight excluding hydrogens is 408 g/mol. The van der Waals surface area contributed by atoms with E-state index in [1.54, 1.807) is 11.8 Å². The van der Waals surface area contributed by atoms with E-state index in [2.05, 4.69) is 26.0 Å². The van der Waals surface area contributed by atoms with E-state index in [1.807, 2.05) is 23.6 Å². The van der Waals surface area contributed by atoms with Crippen LogP contribution in [0.1, 0.15) is 47.5 Å². The van der Waals surface area contributed by atoms with Gasteiger partial charge < -0.3 is 9.64 Å². The van der Waals surface area contributed by atoms with Crippen LogP contribution in [0, 0.1) is 0 Å². The lowest BCUT2D eigenvalue weighted by Gasteiger charge is -2.33. The predicted molar refractivity (Wildman–Crippen MR) is 116 cm³/mol. The van der Waals surface area contributed by atoms with Crippen LogP contribution in [0.3, 0.4) is 0 Å². The van der Waals surface area contributed by atoms with Crippen LogP contribution in [0.5, 0.6) is 5.75 Å². The molecule has 1 aliphatic heterocycles. The molecule has 1 amide bonds. The fourth-order valence-corrected chi connectivity index (χ4v) is 5.14. The number of carbonyl (C=O) groups excluding carboxylic acids is 1. The number of amides is 1. The number of nitrogens with zero attached hydrogens (tertiary/aromatic N) is 2. The number of carbonyl (C=O) groups is 1. The molecule has 1 aromatic heterocycles. The molecule has 2 aromatic rings. The van der Waals surface area contributed by atoms with Gasteiger partial charge in [0, 0.05) is 31.7 Å². The number of sulfonamides is 1. The van der Waals surface area contributed by atoms with Gasteiger partial charge >= 0.3 is 0 Å². The predicted octanol–water partition coefficient (Wildman–Crippen LogP) is 3.56. The van der Waals surface area contributed by atoms with Crippen LogP contribution in [0.2, 0.25) is 0 Å². The van der Waals surface area contributed by atoms with Gasteiger partial charge in [-0.3, -0.25) is 4.79 Å². The van der Waals surface area contributed by atoms with Crippen LogP contribution < -0.4 is 4.74 Å². The molecule has 0 unspecified atom stereocenters. The summed E-state index contributed by atoms with van der Waals surface area (Å²) in [5.74, 6) is 1.34. The monoisotopic (exact) mass is 436 g/mol. The zero-order valence-electron chi connectivity index (χ0n) is 17.1. The van der Waals surface area contributed by atoms with Gasteiger partial charge in [-0.1, -0.05) is 26.0 Å². The van der Waals surface area contributed by atoms with Crippen molar-refractivity contribution in [1.82, 2.24) is 9.21 Å². The lowest BCUT2D eigenvalue weighted by atomic mass is 10.0. The third-order valence-corrected chi connectivity index (χ3v) is 7.95. The quantitative estimate of drug-likeness (QED) is 0.666. The zero-order chi connectivity index (χ0) is 21.0. The summed E-state index contributed by atoms with van der Waals surface area (Å²) in [6.45, 7) is 7.91. The Bertz CT molecular complexity index is 928. The third kappa shape index (κ3) is 5.38. The molecule has 8 heteroatoms. The highest BCUT2D eigenvalue weighted by Gasteiger charge is 2.28. The van der Waals surface area contributed by atoms with Crippen LogP contribution in [-0.4, -0.2) is 55.5 Å². The van der Waals surface area contributed by atoms with Gasteiger partial charge in [0.25, 0.3) is 5.91 Å². The molecule has 3 rings (SSSR count). The topological polar surface area (TPSA) is 66.9 Å². The average Bonchev–Trinajstić information content (AvgIpc) is 3.21. The smallest absolute Gasteiger partial charge is 0.264 e. The Morgan fingerprint density at radius 1 is 1.14 bits per heavy atom. The number of hydrogen-bond donors (Lipinski definition) is 0. The van der Waals surface area contributed by atoms with E-state index in [0.29, 0.717) is 43.6 Å². The molecular formula is C21H28N2O4S2. The first kappa shape index (κ1) is 21.8. The summed E-state index contributed by atoms with van der Waals surface area (Å²) < 4.78 is 31.2. The number of piperazine rings is 1. The van der Waals surface area contributed by atoms with E-state index in [9.17, 15) is 13.2 Å². The third-order valence-electron chi connectivity index (χ3n) is 5.10. The van der Waals surface area contributed by atoms with Gasteiger partial charge in [-0.2, -0.15) is 4.31 Å². The van der Waals surface area contributed by atoms with Gasteiger partial charge in [-0.05, 0) is 42.0 Å². The molecule has 1 aliphatic rings. The van der Waals surface area contributed by atoms with E-state index < -0.39 is 10.0 Å². The fourth-order valence-electron chi connectivity index (χ4n) is 3.19.